The minimum Gasteiger partial charge on any atom is -0.497 e. The number of aromatic nitrogens is 2. The summed E-state index contributed by atoms with van der Waals surface area (Å²) in [4.78, 5) is 22.7. The molecule has 0 aliphatic heterocycles. The van der Waals surface area contributed by atoms with Crippen LogP contribution in [-0.2, 0) is 11.2 Å². The normalized spacial score (nSPS) is 11.5. The van der Waals surface area contributed by atoms with Crippen molar-refractivity contribution in [3.05, 3.63) is 83.9 Å². The fraction of sp³-hybridized carbons (Fsp3) is 0.241. The minimum atomic E-state index is -0.946. The Morgan fingerprint density at radius 1 is 0.921 bits per heavy atom. The smallest absolute Gasteiger partial charge is 0.305 e. The van der Waals surface area contributed by atoms with Crippen molar-refractivity contribution in [1.29, 1.82) is 0 Å². The molecule has 1 heterocycles. The van der Waals surface area contributed by atoms with Crippen molar-refractivity contribution in [1.82, 2.24) is 15.5 Å². The summed E-state index contributed by atoms with van der Waals surface area (Å²) in [7, 11) is 1.62. The van der Waals surface area contributed by atoms with E-state index in [2.05, 4.69) is 39.9 Å². The Hall–Kier alpha value is -4.66. The summed E-state index contributed by atoms with van der Waals surface area (Å²) in [6, 6.07) is 22.9. The first-order chi connectivity index (χ1) is 18.4. The number of nitrogens with one attached hydrogen (secondary N) is 2. The van der Waals surface area contributed by atoms with Crippen LogP contribution < -0.4 is 15.4 Å². The molecule has 3 N–H and O–H groups in total. The standard InChI is InChI=1S/C29H30N4O5/c1-3-23(31-24-12-8-20(9-13-24)27(36)30-17-16-26(34)35)18-19-4-6-21(7-5-19)28-32-33-29(38-28)22-10-14-25(37-2)15-11-22/h4-15,23,31H,3,16-18H2,1-2H3,(H,30,36)(H,34,35). The molecule has 9 nitrogen and oxygen atoms in total. The SMILES string of the molecule is CCC(Cc1ccc(-c2nnc(-c3ccc(OC)cc3)o2)cc1)Nc1ccc(C(=O)NCCC(=O)O)cc1. The van der Waals surface area contributed by atoms with Gasteiger partial charge in [0.2, 0.25) is 11.8 Å². The molecular weight excluding hydrogens is 484 g/mol. The number of benzene rings is 3. The molecule has 4 rings (SSSR count). The molecule has 0 saturated carbocycles. The molecule has 0 radical (unpaired) electrons. The second-order valence-corrected chi connectivity index (χ2v) is 8.77. The van der Waals surface area contributed by atoms with Crippen LogP contribution in [0.5, 0.6) is 5.75 Å². The largest absolute Gasteiger partial charge is 0.497 e. The lowest BCUT2D eigenvalue weighted by atomic mass is 10.0. The van der Waals surface area contributed by atoms with Crippen molar-refractivity contribution >= 4 is 17.6 Å². The van der Waals surface area contributed by atoms with E-state index in [1.165, 1.54) is 0 Å². The molecule has 1 amide bonds. The van der Waals surface area contributed by atoms with Crippen LogP contribution in [-0.4, -0.2) is 46.9 Å². The molecule has 1 atom stereocenters. The number of carbonyl (C=O) groups excluding carboxylic acids is 1. The van der Waals surface area contributed by atoms with Gasteiger partial charge in [-0.2, -0.15) is 0 Å². The zero-order valence-corrected chi connectivity index (χ0v) is 21.3. The molecule has 0 aliphatic carbocycles. The van der Waals surface area contributed by atoms with Gasteiger partial charge in [0.05, 0.1) is 13.5 Å². The molecule has 0 bridgehead atoms. The highest BCUT2D eigenvalue weighted by Gasteiger charge is 2.13. The van der Waals surface area contributed by atoms with Crippen LogP contribution in [0.1, 0.15) is 35.7 Å². The first-order valence-corrected chi connectivity index (χ1v) is 12.4. The van der Waals surface area contributed by atoms with E-state index in [-0.39, 0.29) is 24.9 Å². The average molecular weight is 515 g/mol. The molecule has 0 aliphatic rings. The maximum atomic E-state index is 12.1. The number of hydrogen-bond acceptors (Lipinski definition) is 7. The van der Waals surface area contributed by atoms with Gasteiger partial charge in [-0.3, -0.25) is 9.59 Å². The van der Waals surface area contributed by atoms with Gasteiger partial charge in [-0.25, -0.2) is 0 Å². The fourth-order valence-electron chi connectivity index (χ4n) is 3.89. The molecule has 4 aromatic rings. The summed E-state index contributed by atoms with van der Waals surface area (Å²) in [5.74, 6) is 0.435. The molecular formula is C29H30N4O5. The summed E-state index contributed by atoms with van der Waals surface area (Å²) in [5.41, 5.74) is 4.23. The Morgan fingerprint density at radius 2 is 1.53 bits per heavy atom. The number of ether oxygens (including phenoxy) is 1. The Kier molecular flexibility index (Phi) is 8.71. The molecule has 196 valence electrons. The predicted octanol–water partition coefficient (Wildman–Crippen LogP) is 5.05. The summed E-state index contributed by atoms with van der Waals surface area (Å²) >= 11 is 0. The van der Waals surface area contributed by atoms with Gasteiger partial charge in [0, 0.05) is 35.0 Å². The van der Waals surface area contributed by atoms with E-state index in [1.807, 2.05) is 48.5 Å². The van der Waals surface area contributed by atoms with Crippen LogP contribution in [0.15, 0.2) is 77.2 Å². The van der Waals surface area contributed by atoms with E-state index in [1.54, 1.807) is 19.2 Å². The summed E-state index contributed by atoms with van der Waals surface area (Å²) < 4.78 is 11.1. The van der Waals surface area contributed by atoms with E-state index in [0.717, 1.165) is 41.0 Å². The molecule has 1 aromatic heterocycles. The molecule has 3 aromatic carbocycles. The van der Waals surface area contributed by atoms with E-state index in [4.69, 9.17) is 14.3 Å². The lowest BCUT2D eigenvalue weighted by Crippen LogP contribution is -2.26. The third-order valence-corrected chi connectivity index (χ3v) is 6.08. The van der Waals surface area contributed by atoms with Crippen molar-refractivity contribution < 1.29 is 23.8 Å². The zero-order valence-electron chi connectivity index (χ0n) is 21.3. The molecule has 0 saturated heterocycles. The zero-order chi connectivity index (χ0) is 26.9. The minimum absolute atomic E-state index is 0.0984. The van der Waals surface area contributed by atoms with Gasteiger partial charge in [-0.15, -0.1) is 10.2 Å². The predicted molar refractivity (Wildman–Crippen MR) is 144 cm³/mol. The van der Waals surface area contributed by atoms with Crippen LogP contribution in [0, 0.1) is 0 Å². The van der Waals surface area contributed by atoms with Crippen LogP contribution >= 0.6 is 0 Å². The van der Waals surface area contributed by atoms with Gasteiger partial charge in [-0.1, -0.05) is 19.1 Å². The number of anilines is 1. The van der Waals surface area contributed by atoms with Crippen molar-refractivity contribution in [2.45, 2.75) is 32.2 Å². The van der Waals surface area contributed by atoms with Gasteiger partial charge in [-0.05, 0) is 79.1 Å². The molecule has 0 spiro atoms. The van der Waals surface area contributed by atoms with E-state index in [9.17, 15) is 9.59 Å². The van der Waals surface area contributed by atoms with Crippen molar-refractivity contribution in [3.63, 3.8) is 0 Å². The van der Waals surface area contributed by atoms with Gasteiger partial charge in [0.1, 0.15) is 5.75 Å². The number of rotatable bonds is 12. The Morgan fingerprint density at radius 3 is 2.08 bits per heavy atom. The number of hydrogen-bond donors (Lipinski definition) is 3. The van der Waals surface area contributed by atoms with Crippen LogP contribution in [0.2, 0.25) is 0 Å². The lowest BCUT2D eigenvalue weighted by Gasteiger charge is -2.19. The number of nitrogens with zero attached hydrogens (tertiary/aromatic N) is 2. The van der Waals surface area contributed by atoms with Crippen molar-refractivity contribution in [3.8, 4) is 28.7 Å². The summed E-state index contributed by atoms with van der Waals surface area (Å²) in [6.45, 7) is 2.22. The van der Waals surface area contributed by atoms with Gasteiger partial charge in [0.25, 0.3) is 5.91 Å². The number of carbonyl (C=O) groups is 2. The van der Waals surface area contributed by atoms with Crippen molar-refractivity contribution in [2.24, 2.45) is 0 Å². The van der Waals surface area contributed by atoms with E-state index < -0.39 is 5.97 Å². The highest BCUT2D eigenvalue weighted by atomic mass is 16.5. The third-order valence-electron chi connectivity index (χ3n) is 6.08. The maximum absolute atomic E-state index is 12.1. The number of methoxy groups -OCH3 is 1. The van der Waals surface area contributed by atoms with Crippen LogP contribution in [0.3, 0.4) is 0 Å². The van der Waals surface area contributed by atoms with Gasteiger partial charge < -0.3 is 24.9 Å². The Bertz CT molecular complexity index is 1350. The second-order valence-electron chi connectivity index (χ2n) is 8.77. The quantitative estimate of drug-likeness (QED) is 0.240. The first kappa shape index (κ1) is 26.4. The highest BCUT2D eigenvalue weighted by Crippen LogP contribution is 2.26. The molecule has 38 heavy (non-hydrogen) atoms. The lowest BCUT2D eigenvalue weighted by molar-refractivity contribution is -0.136. The molecule has 9 heteroatoms. The molecule has 1 unspecified atom stereocenters. The first-order valence-electron chi connectivity index (χ1n) is 12.4. The topological polar surface area (TPSA) is 127 Å². The number of amides is 1. The van der Waals surface area contributed by atoms with Gasteiger partial charge in [0.15, 0.2) is 0 Å². The van der Waals surface area contributed by atoms with E-state index >= 15 is 0 Å². The fourth-order valence-corrected chi connectivity index (χ4v) is 3.89. The summed E-state index contributed by atoms with van der Waals surface area (Å²) in [6.07, 6.45) is 1.62. The highest BCUT2D eigenvalue weighted by molar-refractivity contribution is 5.94. The number of carboxylic acids is 1. The Balaban J connectivity index is 1.33. The van der Waals surface area contributed by atoms with Gasteiger partial charge >= 0.3 is 5.97 Å². The number of carboxylic acid groups (broad SMARTS) is 1. The number of aliphatic carboxylic acids is 1. The second kappa shape index (κ2) is 12.5. The third kappa shape index (κ3) is 6.97. The van der Waals surface area contributed by atoms with Crippen LogP contribution in [0.25, 0.3) is 22.9 Å². The Labute approximate surface area is 220 Å². The van der Waals surface area contributed by atoms with Crippen molar-refractivity contribution in [2.75, 3.05) is 19.0 Å². The maximum Gasteiger partial charge on any atom is 0.305 e. The average Bonchev–Trinajstić information content (AvgIpc) is 3.43. The monoisotopic (exact) mass is 514 g/mol. The molecule has 0 fully saturated rings. The van der Waals surface area contributed by atoms with Crippen LogP contribution in [0.4, 0.5) is 5.69 Å². The summed E-state index contributed by atoms with van der Waals surface area (Å²) in [5, 5.41) is 23.2. The van der Waals surface area contributed by atoms with E-state index in [0.29, 0.717) is 17.3 Å².